The van der Waals surface area contributed by atoms with Crippen molar-refractivity contribution in [3.63, 3.8) is 0 Å². The largest absolute Gasteiger partial charge is 0.444 e. The molecule has 144 valence electrons. The molecule has 24 heavy (non-hydrogen) atoms. The molecule has 1 heterocycles. The Morgan fingerprint density at radius 2 is 1.79 bits per heavy atom. The van der Waals surface area contributed by atoms with Crippen LogP contribution >= 0.6 is 0 Å². The number of primary amides is 1. The number of piperidine rings is 1. The highest BCUT2D eigenvalue weighted by atomic mass is 16.6. The second-order valence-corrected chi connectivity index (χ2v) is 6.86. The molecular formula is C17H37N3O4. The van der Waals surface area contributed by atoms with Crippen LogP contribution in [0.2, 0.25) is 0 Å². The Morgan fingerprint density at radius 1 is 1.21 bits per heavy atom. The van der Waals surface area contributed by atoms with Gasteiger partial charge in [0.25, 0.3) is 0 Å². The Balaban J connectivity index is -0.000000798. The van der Waals surface area contributed by atoms with E-state index in [-0.39, 0.29) is 15.3 Å². The SMILES string of the molecule is CC(C)(C)OC(=O)NCC(=O)N1CCCC[C@H]1C(N)=O.CCCC.[HH].[HH]. The molecular weight excluding hydrogens is 310 g/mol. The summed E-state index contributed by atoms with van der Waals surface area (Å²) >= 11 is 0. The van der Waals surface area contributed by atoms with Crippen molar-refractivity contribution in [3.05, 3.63) is 0 Å². The Hall–Kier alpha value is -1.79. The first kappa shape index (κ1) is 22.2. The fourth-order valence-electron chi connectivity index (χ4n) is 2.09. The summed E-state index contributed by atoms with van der Waals surface area (Å²) in [6, 6.07) is -0.573. The average molecular weight is 348 g/mol. The lowest BCUT2D eigenvalue weighted by molar-refractivity contribution is -0.140. The summed E-state index contributed by atoms with van der Waals surface area (Å²) in [4.78, 5) is 36.2. The van der Waals surface area contributed by atoms with Crippen molar-refractivity contribution in [2.24, 2.45) is 5.73 Å². The molecule has 0 unspecified atom stereocenters. The molecule has 0 aliphatic carbocycles. The second kappa shape index (κ2) is 10.9. The maximum absolute atomic E-state index is 12.0. The van der Waals surface area contributed by atoms with E-state index in [2.05, 4.69) is 19.2 Å². The highest BCUT2D eigenvalue weighted by Crippen LogP contribution is 2.16. The lowest BCUT2D eigenvalue weighted by Gasteiger charge is -2.33. The quantitative estimate of drug-likeness (QED) is 0.816. The number of nitrogens with zero attached hydrogens (tertiary/aromatic N) is 1. The van der Waals surface area contributed by atoms with Gasteiger partial charge in [0.1, 0.15) is 18.2 Å². The van der Waals surface area contributed by atoms with E-state index in [0.717, 1.165) is 12.8 Å². The molecule has 1 aliphatic rings. The van der Waals surface area contributed by atoms with Gasteiger partial charge in [0.05, 0.1) is 0 Å². The minimum atomic E-state index is -0.654. The average Bonchev–Trinajstić information content (AvgIpc) is 2.51. The number of hydrogen-bond acceptors (Lipinski definition) is 4. The van der Waals surface area contributed by atoms with Gasteiger partial charge in [-0.3, -0.25) is 9.59 Å². The molecule has 0 aromatic heterocycles. The van der Waals surface area contributed by atoms with Crippen LogP contribution in [0, 0.1) is 0 Å². The van der Waals surface area contributed by atoms with E-state index in [4.69, 9.17) is 10.5 Å². The van der Waals surface area contributed by atoms with Gasteiger partial charge in [0.2, 0.25) is 11.8 Å². The lowest BCUT2D eigenvalue weighted by atomic mass is 10.0. The third-order valence-corrected chi connectivity index (χ3v) is 3.43. The number of alkyl carbamates (subject to hydrolysis) is 1. The molecule has 0 radical (unpaired) electrons. The summed E-state index contributed by atoms with van der Waals surface area (Å²) in [5, 5.41) is 2.39. The number of ether oxygens (including phenoxy) is 1. The first-order valence-corrected chi connectivity index (χ1v) is 8.68. The number of nitrogens with one attached hydrogen (secondary N) is 1. The van der Waals surface area contributed by atoms with Crippen LogP contribution in [0.4, 0.5) is 4.79 Å². The van der Waals surface area contributed by atoms with Gasteiger partial charge in [0.15, 0.2) is 0 Å². The summed E-state index contributed by atoms with van der Waals surface area (Å²) in [7, 11) is 0. The van der Waals surface area contributed by atoms with E-state index in [1.807, 2.05) is 0 Å². The minimum absolute atomic E-state index is 0. The van der Waals surface area contributed by atoms with Crippen LogP contribution in [-0.4, -0.2) is 47.5 Å². The Bertz CT molecular complexity index is 427. The predicted molar refractivity (Wildman–Crippen MR) is 97.6 cm³/mol. The second-order valence-electron chi connectivity index (χ2n) is 6.86. The number of amides is 3. The molecule has 0 saturated carbocycles. The number of carbonyl (C=O) groups is 3. The van der Waals surface area contributed by atoms with Crippen molar-refractivity contribution in [1.82, 2.24) is 10.2 Å². The molecule has 0 aromatic rings. The maximum Gasteiger partial charge on any atom is 0.408 e. The number of likely N-dealkylation sites (tertiary alicyclic amines) is 1. The Morgan fingerprint density at radius 3 is 2.25 bits per heavy atom. The zero-order valence-electron chi connectivity index (χ0n) is 15.7. The highest BCUT2D eigenvalue weighted by Gasteiger charge is 2.30. The van der Waals surface area contributed by atoms with E-state index in [9.17, 15) is 14.4 Å². The van der Waals surface area contributed by atoms with Gasteiger partial charge >= 0.3 is 6.09 Å². The minimum Gasteiger partial charge on any atom is -0.444 e. The van der Waals surface area contributed by atoms with Crippen molar-refractivity contribution >= 4 is 17.9 Å². The number of carbonyl (C=O) groups excluding carboxylic acids is 3. The topological polar surface area (TPSA) is 102 Å². The normalized spacial score (nSPS) is 17.4. The van der Waals surface area contributed by atoms with Crippen LogP contribution in [0.5, 0.6) is 0 Å². The molecule has 1 saturated heterocycles. The lowest BCUT2D eigenvalue weighted by Crippen LogP contribution is -2.53. The molecule has 1 rings (SSSR count). The molecule has 0 aromatic carbocycles. The van der Waals surface area contributed by atoms with Crippen LogP contribution in [0.3, 0.4) is 0 Å². The van der Waals surface area contributed by atoms with Gasteiger partial charge in [-0.2, -0.15) is 0 Å². The number of hydrogen-bond donors (Lipinski definition) is 2. The molecule has 7 nitrogen and oxygen atoms in total. The Labute approximate surface area is 148 Å². The first-order chi connectivity index (χ1) is 11.1. The monoisotopic (exact) mass is 347 g/mol. The molecule has 1 atom stereocenters. The van der Waals surface area contributed by atoms with Crippen LogP contribution in [-0.2, 0) is 14.3 Å². The molecule has 7 heteroatoms. The van der Waals surface area contributed by atoms with Crippen LogP contribution in [0.15, 0.2) is 0 Å². The van der Waals surface area contributed by atoms with E-state index in [1.165, 1.54) is 17.7 Å². The smallest absolute Gasteiger partial charge is 0.408 e. The fraction of sp³-hybridized carbons (Fsp3) is 0.824. The van der Waals surface area contributed by atoms with Crippen molar-refractivity contribution in [2.75, 3.05) is 13.1 Å². The number of rotatable bonds is 4. The fourth-order valence-corrected chi connectivity index (χ4v) is 2.09. The van der Waals surface area contributed by atoms with Crippen molar-refractivity contribution < 1.29 is 22.0 Å². The standard InChI is InChI=1S/C13H23N3O4.C4H10.2H2/c1-13(2,3)20-12(19)15-8-10(17)16-7-5-4-6-9(16)11(14)18;1-3-4-2;;/h9H,4-8H2,1-3H3,(H2,14,18)(H,15,19);3-4H2,1-2H3;2*1H/t9-;;;/m0.../s1. The third kappa shape index (κ3) is 9.37. The van der Waals surface area contributed by atoms with Gasteiger partial charge in [0, 0.05) is 9.40 Å². The highest BCUT2D eigenvalue weighted by molar-refractivity contribution is 5.88. The number of unbranched alkanes of at least 4 members (excludes halogenated alkanes) is 1. The molecule has 3 amide bonds. The van der Waals surface area contributed by atoms with Gasteiger partial charge in [-0.25, -0.2) is 4.79 Å². The molecule has 0 spiro atoms. The van der Waals surface area contributed by atoms with Gasteiger partial charge in [-0.05, 0) is 40.0 Å². The summed E-state index contributed by atoms with van der Waals surface area (Å²) in [5.41, 5.74) is 4.67. The summed E-state index contributed by atoms with van der Waals surface area (Å²) in [6.45, 7) is 9.87. The summed E-state index contributed by atoms with van der Waals surface area (Å²) in [6.07, 6.45) is 4.27. The van der Waals surface area contributed by atoms with Crippen LogP contribution in [0.1, 0.15) is 69.6 Å². The van der Waals surface area contributed by atoms with Gasteiger partial charge in [-0.1, -0.05) is 26.7 Å². The molecule has 1 aliphatic heterocycles. The van der Waals surface area contributed by atoms with Crippen molar-refractivity contribution in [1.29, 1.82) is 0 Å². The molecule has 0 bridgehead atoms. The maximum atomic E-state index is 12.0. The summed E-state index contributed by atoms with van der Waals surface area (Å²) < 4.78 is 5.04. The van der Waals surface area contributed by atoms with Gasteiger partial charge < -0.3 is 20.7 Å². The number of nitrogens with two attached hydrogens (primary N) is 1. The molecule has 1 fully saturated rings. The van der Waals surface area contributed by atoms with Crippen molar-refractivity contribution in [2.45, 2.75) is 78.4 Å². The van der Waals surface area contributed by atoms with Crippen molar-refractivity contribution in [3.8, 4) is 0 Å². The first-order valence-electron chi connectivity index (χ1n) is 8.68. The van der Waals surface area contributed by atoms with Crippen LogP contribution in [0.25, 0.3) is 0 Å². The predicted octanol–water partition coefficient (Wildman–Crippen LogP) is 2.68. The summed E-state index contributed by atoms with van der Waals surface area (Å²) in [5.74, 6) is -0.824. The Kier molecular flexibility index (Phi) is 10.1. The van der Waals surface area contributed by atoms with E-state index in [0.29, 0.717) is 13.0 Å². The zero-order valence-corrected chi connectivity index (χ0v) is 15.7. The van der Waals surface area contributed by atoms with Crippen LogP contribution < -0.4 is 11.1 Å². The van der Waals surface area contributed by atoms with E-state index < -0.39 is 23.6 Å². The van der Waals surface area contributed by atoms with E-state index in [1.54, 1.807) is 20.8 Å². The third-order valence-electron chi connectivity index (χ3n) is 3.43. The zero-order chi connectivity index (χ0) is 18.8. The molecule has 3 N–H and O–H groups in total. The van der Waals surface area contributed by atoms with E-state index >= 15 is 0 Å². The van der Waals surface area contributed by atoms with Gasteiger partial charge in [-0.15, -0.1) is 0 Å².